The van der Waals surface area contributed by atoms with E-state index < -0.39 is 12.0 Å². The van der Waals surface area contributed by atoms with Gasteiger partial charge in [-0.05, 0) is 31.0 Å². The third kappa shape index (κ3) is 6.47. The molecule has 0 bridgehead atoms. The molecule has 9 heteroatoms. The molecule has 1 aliphatic rings. The number of pyridine rings is 1. The maximum atomic E-state index is 12.0. The van der Waals surface area contributed by atoms with Gasteiger partial charge in [-0.15, -0.1) is 0 Å². The zero-order valence-electron chi connectivity index (χ0n) is 15.7. The molecular weight excluding hydrogens is 417 g/mol. The largest absolute Gasteiger partial charge is 0.490 e. The minimum absolute atomic E-state index is 0.0789. The summed E-state index contributed by atoms with van der Waals surface area (Å²) in [4.78, 5) is 27.9. The minimum Gasteiger partial charge on any atom is -0.490 e. The Bertz CT molecular complexity index is 897. The van der Waals surface area contributed by atoms with E-state index in [9.17, 15) is 14.7 Å². The molecule has 1 aliphatic heterocycles. The number of H-pyrrole nitrogens is 1. The van der Waals surface area contributed by atoms with Crippen LogP contribution in [0.1, 0.15) is 23.3 Å². The number of β-amino-alcohol motifs (C(OH)–C–C–N with tert-alkyl or cyclic N) is 1. The Hall–Kier alpha value is -2.06. The molecule has 1 atom stereocenters. The van der Waals surface area contributed by atoms with Crippen LogP contribution in [-0.2, 0) is 0 Å². The van der Waals surface area contributed by atoms with Crippen molar-refractivity contribution in [1.82, 2.24) is 15.2 Å². The standard InChI is InChI=1S/C20H23Cl2N3O4/c21-16-5-4-15(10-17(16)22)29-14-6-8-25(9-7-14)12-13(26)11-23-20(28)18-2-1-3-19(27)24-18/h1-5,10,13-14,26H,6-9,11-12H2,(H,23,28)(H,24,27)/t13-/m1/s1. The molecule has 2 heterocycles. The number of hydrogen-bond donors (Lipinski definition) is 3. The molecule has 0 radical (unpaired) electrons. The number of carbonyl (C=O) groups is 1. The van der Waals surface area contributed by atoms with E-state index in [-0.39, 0.29) is 23.9 Å². The molecule has 0 aliphatic carbocycles. The van der Waals surface area contributed by atoms with Crippen molar-refractivity contribution in [2.75, 3.05) is 26.2 Å². The van der Waals surface area contributed by atoms with Crippen molar-refractivity contribution in [2.45, 2.75) is 25.0 Å². The topological polar surface area (TPSA) is 94.7 Å². The Morgan fingerprint density at radius 2 is 2.00 bits per heavy atom. The molecule has 3 rings (SSSR count). The molecule has 1 aromatic heterocycles. The smallest absolute Gasteiger partial charge is 0.267 e. The highest BCUT2D eigenvalue weighted by molar-refractivity contribution is 6.42. The van der Waals surface area contributed by atoms with E-state index in [2.05, 4.69) is 15.2 Å². The molecule has 2 aromatic rings. The maximum absolute atomic E-state index is 12.0. The number of nitrogens with one attached hydrogen (secondary N) is 2. The van der Waals surface area contributed by atoms with Gasteiger partial charge in [0.25, 0.3) is 5.91 Å². The molecule has 0 saturated carbocycles. The second-order valence-electron chi connectivity index (χ2n) is 6.99. The minimum atomic E-state index is -0.707. The number of aliphatic hydroxyl groups is 1. The van der Waals surface area contributed by atoms with Gasteiger partial charge in [0.05, 0.1) is 16.1 Å². The van der Waals surface area contributed by atoms with Crippen molar-refractivity contribution in [3.8, 4) is 5.75 Å². The molecule has 1 saturated heterocycles. The lowest BCUT2D eigenvalue weighted by molar-refractivity contribution is 0.0593. The Morgan fingerprint density at radius 1 is 1.24 bits per heavy atom. The van der Waals surface area contributed by atoms with Crippen LogP contribution in [0.2, 0.25) is 10.0 Å². The summed E-state index contributed by atoms with van der Waals surface area (Å²) in [7, 11) is 0. The van der Waals surface area contributed by atoms with E-state index in [0.717, 1.165) is 25.9 Å². The van der Waals surface area contributed by atoms with Crippen molar-refractivity contribution < 1.29 is 14.6 Å². The van der Waals surface area contributed by atoms with E-state index >= 15 is 0 Å². The van der Waals surface area contributed by atoms with Gasteiger partial charge in [0, 0.05) is 38.3 Å². The second-order valence-corrected chi connectivity index (χ2v) is 7.80. The van der Waals surface area contributed by atoms with Crippen LogP contribution in [0.25, 0.3) is 0 Å². The van der Waals surface area contributed by atoms with Gasteiger partial charge in [0.15, 0.2) is 0 Å². The first-order valence-corrected chi connectivity index (χ1v) is 10.2. The zero-order chi connectivity index (χ0) is 20.8. The third-order valence-corrected chi connectivity index (χ3v) is 5.45. The Kier molecular flexibility index (Phi) is 7.55. The van der Waals surface area contributed by atoms with Crippen LogP contribution in [-0.4, -0.2) is 59.3 Å². The van der Waals surface area contributed by atoms with Crippen molar-refractivity contribution in [3.05, 3.63) is 62.5 Å². The van der Waals surface area contributed by atoms with Crippen LogP contribution in [0.4, 0.5) is 0 Å². The number of carbonyl (C=O) groups excluding carboxylic acids is 1. The van der Waals surface area contributed by atoms with Gasteiger partial charge >= 0.3 is 0 Å². The van der Waals surface area contributed by atoms with Crippen molar-refractivity contribution in [2.24, 2.45) is 0 Å². The SMILES string of the molecule is O=C(NC[C@@H](O)CN1CCC(Oc2ccc(Cl)c(Cl)c2)CC1)c1cccc(=O)[nH]1. The van der Waals surface area contributed by atoms with Crippen molar-refractivity contribution in [3.63, 3.8) is 0 Å². The van der Waals surface area contributed by atoms with Gasteiger partial charge in [-0.2, -0.15) is 0 Å². The lowest BCUT2D eigenvalue weighted by Crippen LogP contribution is -2.45. The van der Waals surface area contributed by atoms with Gasteiger partial charge in [-0.25, -0.2) is 0 Å². The number of amides is 1. The first-order valence-electron chi connectivity index (χ1n) is 9.40. The van der Waals surface area contributed by atoms with Gasteiger partial charge in [0.1, 0.15) is 17.5 Å². The summed E-state index contributed by atoms with van der Waals surface area (Å²) in [5.74, 6) is 0.273. The molecule has 1 fully saturated rings. The fourth-order valence-electron chi connectivity index (χ4n) is 3.20. The van der Waals surface area contributed by atoms with Gasteiger partial charge in [0.2, 0.25) is 5.56 Å². The number of benzene rings is 1. The van der Waals surface area contributed by atoms with E-state index in [4.69, 9.17) is 27.9 Å². The summed E-state index contributed by atoms with van der Waals surface area (Å²) in [6, 6.07) is 9.58. The molecule has 156 valence electrons. The normalized spacial score (nSPS) is 16.4. The maximum Gasteiger partial charge on any atom is 0.267 e. The summed E-state index contributed by atoms with van der Waals surface area (Å²) in [5.41, 5.74) is -0.172. The lowest BCUT2D eigenvalue weighted by atomic mass is 10.1. The number of ether oxygens (including phenoxy) is 1. The lowest BCUT2D eigenvalue weighted by Gasteiger charge is -2.33. The quantitative estimate of drug-likeness (QED) is 0.615. The molecular formula is C20H23Cl2N3O4. The number of nitrogens with zero attached hydrogens (tertiary/aromatic N) is 1. The van der Waals surface area contributed by atoms with Crippen LogP contribution in [0.5, 0.6) is 5.75 Å². The molecule has 0 unspecified atom stereocenters. The van der Waals surface area contributed by atoms with Crippen LogP contribution >= 0.6 is 23.2 Å². The predicted octanol–water partition coefficient (Wildman–Crippen LogP) is 2.32. The average molecular weight is 440 g/mol. The number of hydrogen-bond acceptors (Lipinski definition) is 5. The Labute approximate surface area is 178 Å². The molecule has 3 N–H and O–H groups in total. The zero-order valence-corrected chi connectivity index (χ0v) is 17.2. The average Bonchev–Trinajstić information content (AvgIpc) is 2.70. The molecule has 0 spiro atoms. The van der Waals surface area contributed by atoms with E-state index in [0.29, 0.717) is 22.3 Å². The highest BCUT2D eigenvalue weighted by Crippen LogP contribution is 2.28. The number of rotatable bonds is 7. The number of likely N-dealkylation sites (tertiary alicyclic amines) is 1. The fourth-order valence-corrected chi connectivity index (χ4v) is 3.49. The van der Waals surface area contributed by atoms with Gasteiger partial charge in [-0.3, -0.25) is 9.59 Å². The van der Waals surface area contributed by atoms with Crippen LogP contribution in [0.15, 0.2) is 41.2 Å². The predicted molar refractivity (Wildman–Crippen MR) is 112 cm³/mol. The molecule has 1 aromatic carbocycles. The fraction of sp³-hybridized carbons (Fsp3) is 0.400. The number of halogens is 2. The molecule has 7 nitrogen and oxygen atoms in total. The summed E-state index contributed by atoms with van der Waals surface area (Å²) >= 11 is 11.9. The Morgan fingerprint density at radius 3 is 2.69 bits per heavy atom. The van der Waals surface area contributed by atoms with Crippen LogP contribution in [0.3, 0.4) is 0 Å². The van der Waals surface area contributed by atoms with Crippen LogP contribution < -0.4 is 15.6 Å². The number of aromatic amines is 1. The van der Waals surface area contributed by atoms with E-state index in [1.165, 1.54) is 18.2 Å². The number of aliphatic hydroxyl groups excluding tert-OH is 1. The van der Waals surface area contributed by atoms with Gasteiger partial charge < -0.3 is 25.0 Å². The summed E-state index contributed by atoms with van der Waals surface area (Å²) in [6.45, 7) is 2.12. The number of aromatic nitrogens is 1. The van der Waals surface area contributed by atoms with E-state index in [1.807, 2.05) is 0 Å². The monoisotopic (exact) mass is 439 g/mol. The van der Waals surface area contributed by atoms with Gasteiger partial charge in [-0.1, -0.05) is 29.3 Å². The third-order valence-electron chi connectivity index (χ3n) is 4.71. The highest BCUT2D eigenvalue weighted by Gasteiger charge is 2.22. The van der Waals surface area contributed by atoms with Crippen molar-refractivity contribution in [1.29, 1.82) is 0 Å². The first-order chi connectivity index (χ1) is 13.9. The highest BCUT2D eigenvalue weighted by atomic mass is 35.5. The number of piperidine rings is 1. The van der Waals surface area contributed by atoms with Crippen molar-refractivity contribution >= 4 is 29.1 Å². The molecule has 29 heavy (non-hydrogen) atoms. The second kappa shape index (κ2) is 10.1. The summed E-state index contributed by atoms with van der Waals surface area (Å²) in [6.07, 6.45) is 1.02. The summed E-state index contributed by atoms with van der Waals surface area (Å²) in [5, 5.41) is 13.8. The first kappa shape index (κ1) is 21.6. The Balaban J connectivity index is 1.39. The summed E-state index contributed by atoms with van der Waals surface area (Å²) < 4.78 is 5.96. The molecule has 1 amide bonds. The van der Waals surface area contributed by atoms with E-state index in [1.54, 1.807) is 18.2 Å². The van der Waals surface area contributed by atoms with Crippen LogP contribution in [0, 0.1) is 0 Å².